The van der Waals surface area contributed by atoms with Gasteiger partial charge in [-0.3, -0.25) is 4.79 Å². The second kappa shape index (κ2) is 6.76. The summed E-state index contributed by atoms with van der Waals surface area (Å²) in [4.78, 5) is 11.7. The van der Waals surface area contributed by atoms with Crippen molar-refractivity contribution >= 4 is 5.91 Å². The minimum atomic E-state index is -0.0881. The van der Waals surface area contributed by atoms with E-state index in [-0.39, 0.29) is 24.6 Å². The summed E-state index contributed by atoms with van der Waals surface area (Å²) in [6, 6.07) is -0.155. The molecule has 0 spiro atoms. The maximum absolute atomic E-state index is 11.7. The van der Waals surface area contributed by atoms with E-state index in [1.54, 1.807) is 7.11 Å². The van der Waals surface area contributed by atoms with Crippen LogP contribution in [0.15, 0.2) is 0 Å². The Morgan fingerprint density at radius 3 is 3.07 bits per heavy atom. The van der Waals surface area contributed by atoms with Crippen molar-refractivity contribution in [3.63, 3.8) is 0 Å². The zero-order valence-electron chi connectivity index (χ0n) is 9.16. The molecule has 88 valence electrons. The number of aliphatic hydroxyl groups is 1. The Hall–Kier alpha value is -0.650. The molecule has 1 saturated heterocycles. The van der Waals surface area contributed by atoms with Crippen LogP contribution in [0.4, 0.5) is 0 Å². The van der Waals surface area contributed by atoms with Gasteiger partial charge in [0.05, 0.1) is 18.7 Å². The lowest BCUT2D eigenvalue weighted by Gasteiger charge is -2.19. The molecular formula is C10H20N2O3. The summed E-state index contributed by atoms with van der Waals surface area (Å²) in [7, 11) is 1.59. The van der Waals surface area contributed by atoms with E-state index in [0.29, 0.717) is 13.0 Å². The number of carbonyl (C=O) groups is 1. The van der Waals surface area contributed by atoms with Gasteiger partial charge in [0.1, 0.15) is 0 Å². The van der Waals surface area contributed by atoms with Crippen LogP contribution in [0.25, 0.3) is 0 Å². The fourth-order valence-electron chi connectivity index (χ4n) is 1.76. The molecule has 0 aromatic rings. The number of amides is 1. The molecule has 1 aliphatic heterocycles. The van der Waals surface area contributed by atoms with Gasteiger partial charge in [0.25, 0.3) is 0 Å². The van der Waals surface area contributed by atoms with Gasteiger partial charge in [-0.05, 0) is 25.8 Å². The molecule has 0 aromatic heterocycles. The normalized spacial score (nSPS) is 22.7. The molecule has 0 aromatic carbocycles. The van der Waals surface area contributed by atoms with Crippen LogP contribution in [0.1, 0.15) is 19.3 Å². The molecule has 0 saturated carbocycles. The van der Waals surface area contributed by atoms with Crippen LogP contribution < -0.4 is 10.6 Å². The second-order valence-electron chi connectivity index (χ2n) is 3.82. The molecule has 5 heteroatoms. The maximum Gasteiger partial charge on any atom is 0.237 e. The largest absolute Gasteiger partial charge is 0.396 e. The van der Waals surface area contributed by atoms with Crippen LogP contribution in [0.3, 0.4) is 0 Å². The fraction of sp³-hybridized carbons (Fsp3) is 0.900. The van der Waals surface area contributed by atoms with Crippen molar-refractivity contribution in [1.29, 1.82) is 0 Å². The summed E-state index contributed by atoms with van der Waals surface area (Å²) in [5.74, 6) is 0.0167. The standard InChI is InChI=1S/C10H20N2O3/c1-15-7-8(4-6-13)12-10(14)9-3-2-5-11-9/h8-9,11,13H,2-7H2,1H3,(H,12,14). The van der Waals surface area contributed by atoms with E-state index in [0.717, 1.165) is 19.4 Å². The molecule has 3 N–H and O–H groups in total. The van der Waals surface area contributed by atoms with Crippen molar-refractivity contribution < 1.29 is 14.6 Å². The summed E-state index contributed by atoms with van der Waals surface area (Å²) in [6.45, 7) is 1.42. The van der Waals surface area contributed by atoms with E-state index in [9.17, 15) is 4.79 Å². The van der Waals surface area contributed by atoms with Crippen LogP contribution in [-0.4, -0.2) is 50.0 Å². The highest BCUT2D eigenvalue weighted by Crippen LogP contribution is 2.05. The van der Waals surface area contributed by atoms with E-state index in [4.69, 9.17) is 9.84 Å². The van der Waals surface area contributed by atoms with Gasteiger partial charge in [-0.2, -0.15) is 0 Å². The molecule has 1 heterocycles. The van der Waals surface area contributed by atoms with E-state index >= 15 is 0 Å². The number of methoxy groups -OCH3 is 1. The highest BCUT2D eigenvalue weighted by molar-refractivity contribution is 5.82. The molecule has 0 bridgehead atoms. The SMILES string of the molecule is COCC(CCO)NC(=O)C1CCCN1. The number of hydrogen-bond acceptors (Lipinski definition) is 4. The Labute approximate surface area is 90.2 Å². The molecule has 1 amide bonds. The lowest BCUT2D eigenvalue weighted by molar-refractivity contribution is -0.124. The number of carbonyl (C=O) groups excluding carboxylic acids is 1. The number of rotatable bonds is 6. The predicted octanol–water partition coefficient (Wildman–Crippen LogP) is -0.748. The Morgan fingerprint density at radius 1 is 1.73 bits per heavy atom. The van der Waals surface area contributed by atoms with E-state index in [1.807, 2.05) is 0 Å². The van der Waals surface area contributed by atoms with Gasteiger partial charge in [-0.15, -0.1) is 0 Å². The van der Waals surface area contributed by atoms with Gasteiger partial charge in [-0.1, -0.05) is 0 Å². The van der Waals surface area contributed by atoms with Crippen LogP contribution in [-0.2, 0) is 9.53 Å². The molecule has 0 radical (unpaired) electrons. The van der Waals surface area contributed by atoms with Crippen molar-refractivity contribution in [2.45, 2.75) is 31.3 Å². The molecule has 0 aliphatic carbocycles. The first-order chi connectivity index (χ1) is 7.27. The maximum atomic E-state index is 11.7. The molecule has 1 aliphatic rings. The minimum absolute atomic E-state index is 0.0167. The summed E-state index contributed by atoms with van der Waals surface area (Å²) in [5, 5.41) is 14.8. The zero-order chi connectivity index (χ0) is 11.1. The lowest BCUT2D eigenvalue weighted by atomic mass is 10.1. The molecule has 5 nitrogen and oxygen atoms in total. The van der Waals surface area contributed by atoms with E-state index in [1.165, 1.54) is 0 Å². The molecule has 2 unspecified atom stereocenters. The summed E-state index contributed by atoms with van der Waals surface area (Å²) >= 11 is 0. The van der Waals surface area contributed by atoms with Crippen molar-refractivity contribution in [2.75, 3.05) is 26.9 Å². The smallest absolute Gasteiger partial charge is 0.237 e. The number of nitrogens with one attached hydrogen (secondary N) is 2. The average molecular weight is 216 g/mol. The number of aliphatic hydroxyl groups excluding tert-OH is 1. The van der Waals surface area contributed by atoms with Gasteiger partial charge < -0.3 is 20.5 Å². The number of hydrogen-bond donors (Lipinski definition) is 3. The van der Waals surface area contributed by atoms with Gasteiger partial charge in [0.2, 0.25) is 5.91 Å². The first kappa shape index (κ1) is 12.4. The second-order valence-corrected chi connectivity index (χ2v) is 3.82. The van der Waals surface area contributed by atoms with E-state index < -0.39 is 0 Å². The van der Waals surface area contributed by atoms with Crippen LogP contribution in [0.5, 0.6) is 0 Å². The Balaban J connectivity index is 2.31. The highest BCUT2D eigenvalue weighted by atomic mass is 16.5. The Morgan fingerprint density at radius 2 is 2.53 bits per heavy atom. The summed E-state index contributed by atoms with van der Waals surface area (Å²) < 4.78 is 4.97. The molecule has 2 atom stereocenters. The average Bonchev–Trinajstić information content (AvgIpc) is 2.71. The molecule has 1 fully saturated rings. The highest BCUT2D eigenvalue weighted by Gasteiger charge is 2.23. The lowest BCUT2D eigenvalue weighted by Crippen LogP contribution is -2.47. The Kier molecular flexibility index (Phi) is 5.60. The minimum Gasteiger partial charge on any atom is -0.396 e. The van der Waals surface area contributed by atoms with Crippen LogP contribution >= 0.6 is 0 Å². The quantitative estimate of drug-likeness (QED) is 0.546. The summed E-state index contributed by atoms with van der Waals surface area (Å²) in [5.41, 5.74) is 0. The van der Waals surface area contributed by atoms with Crippen molar-refractivity contribution in [3.05, 3.63) is 0 Å². The van der Waals surface area contributed by atoms with Crippen molar-refractivity contribution in [2.24, 2.45) is 0 Å². The topological polar surface area (TPSA) is 70.6 Å². The monoisotopic (exact) mass is 216 g/mol. The van der Waals surface area contributed by atoms with Gasteiger partial charge >= 0.3 is 0 Å². The molecule has 15 heavy (non-hydrogen) atoms. The van der Waals surface area contributed by atoms with Crippen LogP contribution in [0.2, 0.25) is 0 Å². The van der Waals surface area contributed by atoms with Gasteiger partial charge in [0, 0.05) is 13.7 Å². The molecular weight excluding hydrogens is 196 g/mol. The number of ether oxygens (including phenoxy) is 1. The van der Waals surface area contributed by atoms with Crippen molar-refractivity contribution in [3.8, 4) is 0 Å². The third kappa shape index (κ3) is 4.15. The van der Waals surface area contributed by atoms with E-state index in [2.05, 4.69) is 10.6 Å². The Bertz CT molecular complexity index is 187. The summed E-state index contributed by atoms with van der Waals surface area (Å²) in [6.07, 6.45) is 2.48. The third-order valence-corrected chi connectivity index (χ3v) is 2.57. The first-order valence-corrected chi connectivity index (χ1v) is 5.41. The third-order valence-electron chi connectivity index (χ3n) is 2.57. The zero-order valence-corrected chi connectivity index (χ0v) is 9.16. The van der Waals surface area contributed by atoms with Gasteiger partial charge in [0.15, 0.2) is 0 Å². The predicted molar refractivity (Wildman–Crippen MR) is 56.5 cm³/mol. The first-order valence-electron chi connectivity index (χ1n) is 5.41. The fourth-order valence-corrected chi connectivity index (χ4v) is 1.76. The molecule has 1 rings (SSSR count). The van der Waals surface area contributed by atoms with Crippen molar-refractivity contribution in [1.82, 2.24) is 10.6 Å². The van der Waals surface area contributed by atoms with Crippen LogP contribution in [0, 0.1) is 0 Å². The van der Waals surface area contributed by atoms with Gasteiger partial charge in [-0.25, -0.2) is 0 Å².